The first-order valence-electron chi connectivity index (χ1n) is 6.60. The number of phenolic OH excluding ortho intramolecular Hbond substituents is 1. The average molecular weight is 273 g/mol. The Balaban J connectivity index is 1.82. The van der Waals surface area contributed by atoms with Crippen molar-refractivity contribution in [3.63, 3.8) is 0 Å². The Kier molecular flexibility index (Phi) is 4.40. The Bertz CT molecular complexity index is 575. The molecule has 1 heterocycles. The van der Waals surface area contributed by atoms with Crippen molar-refractivity contribution in [3.8, 4) is 5.75 Å². The number of aromatic hydroxyl groups is 1. The van der Waals surface area contributed by atoms with Crippen LogP contribution < -0.4 is 5.32 Å². The molecule has 2 rings (SSSR count). The zero-order chi connectivity index (χ0) is 14.5. The number of carbonyl (C=O) groups is 1. The van der Waals surface area contributed by atoms with Crippen molar-refractivity contribution in [1.29, 1.82) is 0 Å². The van der Waals surface area contributed by atoms with E-state index in [0.29, 0.717) is 12.8 Å². The lowest BCUT2D eigenvalue weighted by atomic mass is 10.1. The maximum Gasteiger partial charge on any atom is 0.220 e. The number of rotatable bonds is 5. The summed E-state index contributed by atoms with van der Waals surface area (Å²) in [5, 5.41) is 16.2. The first-order valence-corrected chi connectivity index (χ1v) is 6.60. The Labute approximate surface area is 118 Å². The molecule has 1 amide bonds. The molecule has 0 bridgehead atoms. The molecule has 0 saturated heterocycles. The molecule has 0 saturated carbocycles. The SMILES string of the molecule is C[C@@H](NC(=O)CCc1ccc(O)cc1)c1cnn(C)c1. The lowest BCUT2D eigenvalue weighted by Crippen LogP contribution is -2.26. The van der Waals surface area contributed by atoms with E-state index in [-0.39, 0.29) is 17.7 Å². The van der Waals surface area contributed by atoms with Crippen LogP contribution in [-0.4, -0.2) is 20.8 Å². The highest BCUT2D eigenvalue weighted by molar-refractivity contribution is 5.76. The summed E-state index contributed by atoms with van der Waals surface area (Å²) in [6, 6.07) is 6.87. The van der Waals surface area contributed by atoms with Crippen LogP contribution >= 0.6 is 0 Å². The van der Waals surface area contributed by atoms with Gasteiger partial charge < -0.3 is 10.4 Å². The molecule has 0 radical (unpaired) electrons. The Morgan fingerprint density at radius 3 is 2.70 bits per heavy atom. The van der Waals surface area contributed by atoms with Crippen molar-refractivity contribution < 1.29 is 9.90 Å². The van der Waals surface area contributed by atoms with Crippen LogP contribution in [0.25, 0.3) is 0 Å². The first-order chi connectivity index (χ1) is 9.54. The van der Waals surface area contributed by atoms with Crippen LogP contribution in [0.1, 0.15) is 30.5 Å². The van der Waals surface area contributed by atoms with Gasteiger partial charge in [0.25, 0.3) is 0 Å². The maximum atomic E-state index is 11.9. The van der Waals surface area contributed by atoms with E-state index in [9.17, 15) is 9.90 Å². The molecule has 1 aromatic carbocycles. The van der Waals surface area contributed by atoms with E-state index in [2.05, 4.69) is 10.4 Å². The second-order valence-corrected chi connectivity index (χ2v) is 4.90. The van der Waals surface area contributed by atoms with Crippen LogP contribution in [0.2, 0.25) is 0 Å². The van der Waals surface area contributed by atoms with Gasteiger partial charge >= 0.3 is 0 Å². The summed E-state index contributed by atoms with van der Waals surface area (Å²) in [7, 11) is 1.85. The lowest BCUT2D eigenvalue weighted by molar-refractivity contribution is -0.121. The predicted octanol–water partition coefficient (Wildman–Crippen LogP) is 1.94. The standard InChI is InChI=1S/C15H19N3O2/c1-11(13-9-16-18(2)10-13)17-15(20)8-5-12-3-6-14(19)7-4-12/h3-4,6-7,9-11,19H,5,8H2,1-2H3,(H,17,20)/t11-/m1/s1. The number of phenols is 1. The van der Waals surface area contributed by atoms with Crippen molar-refractivity contribution in [2.75, 3.05) is 0 Å². The summed E-state index contributed by atoms with van der Waals surface area (Å²) < 4.78 is 1.72. The number of aromatic nitrogens is 2. The van der Waals surface area contributed by atoms with Gasteiger partial charge in [-0.2, -0.15) is 5.10 Å². The highest BCUT2D eigenvalue weighted by Crippen LogP contribution is 2.13. The lowest BCUT2D eigenvalue weighted by Gasteiger charge is -2.12. The fourth-order valence-electron chi connectivity index (χ4n) is 1.98. The van der Waals surface area contributed by atoms with Gasteiger partial charge in [0.05, 0.1) is 12.2 Å². The number of benzene rings is 1. The Morgan fingerprint density at radius 2 is 2.10 bits per heavy atom. The van der Waals surface area contributed by atoms with Crippen molar-refractivity contribution in [3.05, 3.63) is 47.8 Å². The van der Waals surface area contributed by atoms with Gasteiger partial charge in [0.2, 0.25) is 5.91 Å². The number of hydrogen-bond acceptors (Lipinski definition) is 3. The summed E-state index contributed by atoms with van der Waals surface area (Å²) in [4.78, 5) is 11.9. The minimum atomic E-state index is -0.0454. The number of carbonyl (C=O) groups excluding carboxylic acids is 1. The average Bonchev–Trinajstić information content (AvgIpc) is 2.85. The summed E-state index contributed by atoms with van der Waals surface area (Å²) in [6.07, 6.45) is 4.73. The van der Waals surface area contributed by atoms with Gasteiger partial charge in [0.1, 0.15) is 5.75 Å². The normalized spacial score (nSPS) is 12.1. The number of nitrogens with one attached hydrogen (secondary N) is 1. The summed E-state index contributed by atoms with van der Waals surface area (Å²) in [5.41, 5.74) is 2.03. The highest BCUT2D eigenvalue weighted by Gasteiger charge is 2.11. The summed E-state index contributed by atoms with van der Waals surface area (Å²) in [6.45, 7) is 1.94. The van der Waals surface area contributed by atoms with Crippen LogP contribution in [0.5, 0.6) is 5.75 Å². The van der Waals surface area contributed by atoms with Crippen molar-refractivity contribution in [1.82, 2.24) is 15.1 Å². The quantitative estimate of drug-likeness (QED) is 0.874. The van der Waals surface area contributed by atoms with E-state index in [0.717, 1.165) is 11.1 Å². The van der Waals surface area contributed by atoms with Gasteiger partial charge in [0, 0.05) is 25.2 Å². The number of amides is 1. The van der Waals surface area contributed by atoms with Gasteiger partial charge in [-0.25, -0.2) is 0 Å². The fourth-order valence-corrected chi connectivity index (χ4v) is 1.98. The van der Waals surface area contributed by atoms with Crippen LogP contribution in [0.4, 0.5) is 0 Å². The first kappa shape index (κ1) is 14.1. The van der Waals surface area contributed by atoms with Crippen LogP contribution in [0, 0.1) is 0 Å². The second-order valence-electron chi connectivity index (χ2n) is 4.90. The number of hydrogen-bond donors (Lipinski definition) is 2. The van der Waals surface area contributed by atoms with Crippen LogP contribution in [0.15, 0.2) is 36.7 Å². The largest absolute Gasteiger partial charge is 0.508 e. The molecule has 1 aromatic heterocycles. The molecule has 5 heteroatoms. The van der Waals surface area contributed by atoms with Gasteiger partial charge in [-0.05, 0) is 31.0 Å². The van der Waals surface area contributed by atoms with E-state index in [1.54, 1.807) is 23.0 Å². The summed E-state index contributed by atoms with van der Waals surface area (Å²) >= 11 is 0. The molecule has 2 aromatic rings. The van der Waals surface area contributed by atoms with E-state index in [1.165, 1.54) is 0 Å². The smallest absolute Gasteiger partial charge is 0.220 e. The Morgan fingerprint density at radius 1 is 1.40 bits per heavy atom. The van der Waals surface area contributed by atoms with Crippen molar-refractivity contribution in [2.45, 2.75) is 25.8 Å². The molecule has 0 aliphatic heterocycles. The van der Waals surface area contributed by atoms with Gasteiger partial charge in [-0.3, -0.25) is 9.48 Å². The predicted molar refractivity (Wildman–Crippen MR) is 76.2 cm³/mol. The Hall–Kier alpha value is -2.30. The third-order valence-corrected chi connectivity index (χ3v) is 3.18. The van der Waals surface area contributed by atoms with Gasteiger partial charge in [-0.15, -0.1) is 0 Å². The third kappa shape index (κ3) is 3.85. The molecule has 0 fully saturated rings. The van der Waals surface area contributed by atoms with Gasteiger partial charge in [0.15, 0.2) is 0 Å². The molecule has 1 atom stereocenters. The zero-order valence-corrected chi connectivity index (χ0v) is 11.7. The van der Waals surface area contributed by atoms with Gasteiger partial charge in [-0.1, -0.05) is 12.1 Å². The maximum absolute atomic E-state index is 11.9. The van der Waals surface area contributed by atoms with E-state index < -0.39 is 0 Å². The molecule has 5 nitrogen and oxygen atoms in total. The molecule has 0 aliphatic rings. The van der Waals surface area contributed by atoms with Crippen molar-refractivity contribution in [2.24, 2.45) is 7.05 Å². The molecular weight excluding hydrogens is 254 g/mol. The highest BCUT2D eigenvalue weighted by atomic mass is 16.3. The minimum absolute atomic E-state index is 0.00873. The topological polar surface area (TPSA) is 67.2 Å². The van der Waals surface area contributed by atoms with Crippen molar-refractivity contribution >= 4 is 5.91 Å². The van der Waals surface area contributed by atoms with Crippen LogP contribution in [0.3, 0.4) is 0 Å². The minimum Gasteiger partial charge on any atom is -0.508 e. The van der Waals surface area contributed by atoms with E-state index in [1.807, 2.05) is 32.3 Å². The monoisotopic (exact) mass is 273 g/mol. The molecular formula is C15H19N3O2. The fraction of sp³-hybridized carbons (Fsp3) is 0.333. The number of nitrogens with zero attached hydrogens (tertiary/aromatic N) is 2. The summed E-state index contributed by atoms with van der Waals surface area (Å²) in [5.74, 6) is 0.248. The molecule has 0 unspecified atom stereocenters. The molecule has 2 N–H and O–H groups in total. The number of aryl methyl sites for hydroxylation is 2. The third-order valence-electron chi connectivity index (χ3n) is 3.18. The molecule has 0 aliphatic carbocycles. The molecule has 106 valence electrons. The molecule has 20 heavy (non-hydrogen) atoms. The van der Waals surface area contributed by atoms with Crippen LogP contribution in [-0.2, 0) is 18.3 Å². The van der Waals surface area contributed by atoms with E-state index >= 15 is 0 Å². The zero-order valence-electron chi connectivity index (χ0n) is 11.7. The van der Waals surface area contributed by atoms with E-state index in [4.69, 9.17) is 0 Å². The molecule has 0 spiro atoms. The second kappa shape index (κ2) is 6.23.